The van der Waals surface area contributed by atoms with E-state index in [0.29, 0.717) is 24.3 Å². The molecule has 1 aliphatic carbocycles. The molecule has 170 valence electrons. The number of aromatic nitrogens is 1. The van der Waals surface area contributed by atoms with Crippen LogP contribution in [0.15, 0.2) is 24.3 Å². The quantitative estimate of drug-likeness (QED) is 0.289. The number of para-hydroxylation sites is 1. The van der Waals surface area contributed by atoms with E-state index in [-0.39, 0.29) is 24.7 Å². The highest BCUT2D eigenvalue weighted by Crippen LogP contribution is 2.39. The monoisotopic (exact) mass is 449 g/mol. The van der Waals surface area contributed by atoms with Gasteiger partial charge in [-0.1, -0.05) is 31.4 Å². The van der Waals surface area contributed by atoms with Crippen LogP contribution in [0.5, 0.6) is 0 Å². The minimum atomic E-state index is -1.18. The van der Waals surface area contributed by atoms with Gasteiger partial charge in [-0.15, -0.1) is 11.3 Å². The van der Waals surface area contributed by atoms with Crippen molar-refractivity contribution >= 4 is 33.3 Å². The second-order valence-electron chi connectivity index (χ2n) is 8.49. The molecule has 7 nitrogen and oxygen atoms in total. The van der Waals surface area contributed by atoms with Crippen LogP contribution < -0.4 is 0 Å². The van der Waals surface area contributed by atoms with Crippen molar-refractivity contribution in [2.45, 2.75) is 76.1 Å². The zero-order valence-electron chi connectivity index (χ0n) is 17.5. The summed E-state index contributed by atoms with van der Waals surface area (Å²) in [6.07, 6.45) is 2.73. The van der Waals surface area contributed by atoms with Gasteiger partial charge in [-0.25, -0.2) is 4.98 Å². The van der Waals surface area contributed by atoms with E-state index in [2.05, 4.69) is 4.98 Å². The molecule has 4 N–H and O–H groups in total. The van der Waals surface area contributed by atoms with Crippen LogP contribution in [0.25, 0.3) is 10.2 Å². The highest BCUT2D eigenvalue weighted by Gasteiger charge is 2.41. The maximum Gasteiger partial charge on any atom is 0.303 e. The molecule has 1 aliphatic rings. The Morgan fingerprint density at radius 2 is 1.71 bits per heavy atom. The summed E-state index contributed by atoms with van der Waals surface area (Å²) < 4.78 is 0.899. The minimum Gasteiger partial charge on any atom is -0.481 e. The van der Waals surface area contributed by atoms with Gasteiger partial charge in [0.1, 0.15) is 6.10 Å². The molecule has 0 saturated heterocycles. The van der Waals surface area contributed by atoms with E-state index in [4.69, 9.17) is 5.11 Å². The summed E-state index contributed by atoms with van der Waals surface area (Å²) in [5.74, 6) is -1.41. The molecule has 8 heteroatoms. The first kappa shape index (κ1) is 23.8. The molecule has 1 saturated carbocycles. The number of carboxylic acids is 1. The Labute approximate surface area is 185 Å². The topological polar surface area (TPSA) is 128 Å². The maximum atomic E-state index is 12.6. The molecule has 0 aliphatic heterocycles. The predicted molar refractivity (Wildman–Crippen MR) is 118 cm³/mol. The number of thiazole rings is 1. The highest BCUT2D eigenvalue weighted by atomic mass is 32.1. The first-order valence-corrected chi connectivity index (χ1v) is 11.8. The number of carboxylic acid groups (broad SMARTS) is 1. The van der Waals surface area contributed by atoms with E-state index in [1.807, 2.05) is 24.3 Å². The third-order valence-electron chi connectivity index (χ3n) is 6.28. The predicted octanol–water partition coefficient (Wildman–Crippen LogP) is 3.40. The lowest BCUT2D eigenvalue weighted by molar-refractivity contribution is -0.137. The number of aliphatic hydroxyl groups excluding tert-OH is 3. The van der Waals surface area contributed by atoms with Crippen molar-refractivity contribution < 1.29 is 30.0 Å². The molecular formula is C23H31NO6S. The lowest BCUT2D eigenvalue weighted by Crippen LogP contribution is -2.26. The van der Waals surface area contributed by atoms with Crippen molar-refractivity contribution in [2.75, 3.05) is 0 Å². The normalized spacial score (nSPS) is 24.5. The number of carbonyl (C=O) groups is 2. The zero-order chi connectivity index (χ0) is 22.4. The third-order valence-corrected chi connectivity index (χ3v) is 7.33. The van der Waals surface area contributed by atoms with Gasteiger partial charge >= 0.3 is 5.97 Å². The molecule has 1 fully saturated rings. The fourth-order valence-electron chi connectivity index (χ4n) is 4.59. The summed E-state index contributed by atoms with van der Waals surface area (Å²) in [5.41, 5.74) is 0.737. The zero-order valence-corrected chi connectivity index (χ0v) is 18.3. The van der Waals surface area contributed by atoms with Crippen molar-refractivity contribution in [1.29, 1.82) is 0 Å². The molecule has 0 radical (unpaired) electrons. The molecule has 1 heterocycles. The van der Waals surface area contributed by atoms with Crippen molar-refractivity contribution in [3.05, 3.63) is 29.3 Å². The molecule has 0 spiro atoms. The number of rotatable bonds is 12. The lowest BCUT2D eigenvalue weighted by atomic mass is 9.84. The van der Waals surface area contributed by atoms with Crippen molar-refractivity contribution in [1.82, 2.24) is 4.98 Å². The molecule has 3 rings (SSSR count). The molecule has 1 aromatic heterocycles. The van der Waals surface area contributed by atoms with Gasteiger partial charge in [0.15, 0.2) is 5.01 Å². The average molecular weight is 450 g/mol. The van der Waals surface area contributed by atoms with Crippen molar-refractivity contribution in [2.24, 2.45) is 11.8 Å². The largest absolute Gasteiger partial charge is 0.481 e. The molecule has 5 unspecified atom stereocenters. The average Bonchev–Trinajstić information content (AvgIpc) is 3.28. The maximum absolute atomic E-state index is 12.6. The van der Waals surface area contributed by atoms with Crippen LogP contribution in [-0.2, 0) is 4.79 Å². The number of fused-ring (bicyclic) bond motifs is 1. The van der Waals surface area contributed by atoms with E-state index in [0.717, 1.165) is 35.9 Å². The van der Waals surface area contributed by atoms with Crippen LogP contribution in [0, 0.1) is 11.8 Å². The van der Waals surface area contributed by atoms with E-state index in [1.165, 1.54) is 11.3 Å². The van der Waals surface area contributed by atoms with Crippen molar-refractivity contribution in [3.63, 3.8) is 0 Å². The van der Waals surface area contributed by atoms with Gasteiger partial charge in [-0.2, -0.15) is 0 Å². The first-order chi connectivity index (χ1) is 14.9. The second-order valence-corrected chi connectivity index (χ2v) is 9.52. The van der Waals surface area contributed by atoms with Gasteiger partial charge in [0.2, 0.25) is 5.78 Å². The number of nitrogens with zero attached hydrogens (tertiary/aromatic N) is 1. The molecular weight excluding hydrogens is 418 g/mol. The summed E-state index contributed by atoms with van der Waals surface area (Å²) in [6.45, 7) is 0. The number of ketones is 1. The van der Waals surface area contributed by atoms with E-state index in [1.54, 1.807) is 0 Å². The number of carbonyl (C=O) groups excluding carboxylic acids is 1. The number of aliphatic hydroxyl groups is 3. The Morgan fingerprint density at radius 1 is 1.03 bits per heavy atom. The Balaban J connectivity index is 1.49. The van der Waals surface area contributed by atoms with Gasteiger partial charge < -0.3 is 20.4 Å². The number of Topliss-reactive ketones (excluding diaryl/α,β-unsaturated/α-hetero) is 1. The van der Waals surface area contributed by atoms with E-state index >= 15 is 0 Å². The molecule has 1 aromatic carbocycles. The number of hydrogen-bond donors (Lipinski definition) is 4. The van der Waals surface area contributed by atoms with Crippen LogP contribution in [0.2, 0.25) is 0 Å². The van der Waals surface area contributed by atoms with E-state index < -0.39 is 30.1 Å². The summed E-state index contributed by atoms with van der Waals surface area (Å²) in [7, 11) is 0. The SMILES string of the molecule is O=C(O)CCCCCCC1C(O)CC(O)C1CCC(O)C(=O)c1nc2ccccc2s1. The number of unbranched alkanes of at least 4 members (excludes halogenated alkanes) is 3. The molecule has 5 atom stereocenters. The number of hydrogen-bond acceptors (Lipinski definition) is 7. The van der Waals surface area contributed by atoms with Gasteiger partial charge in [-0.3, -0.25) is 9.59 Å². The summed E-state index contributed by atoms with van der Waals surface area (Å²) in [4.78, 5) is 27.5. The molecule has 0 bridgehead atoms. The minimum absolute atomic E-state index is 0.0702. The third kappa shape index (κ3) is 6.32. The fraction of sp³-hybridized carbons (Fsp3) is 0.609. The lowest BCUT2D eigenvalue weighted by Gasteiger charge is -2.24. The Morgan fingerprint density at radius 3 is 2.42 bits per heavy atom. The Bertz CT molecular complexity index is 851. The molecule has 2 aromatic rings. The Kier molecular flexibility index (Phi) is 8.54. The standard InChI is InChI=1S/C23H31NO6S/c25-17(22(30)23-24-16-8-5-6-9-20(16)31-23)12-11-15-14(18(26)13-19(15)27)7-3-1-2-4-10-21(28)29/h5-6,8-9,14-15,17-19,25-27H,1-4,7,10-13H2,(H,28,29). The van der Waals surface area contributed by atoms with Crippen LogP contribution in [0.4, 0.5) is 0 Å². The van der Waals surface area contributed by atoms with Crippen LogP contribution in [-0.4, -0.2) is 55.5 Å². The van der Waals surface area contributed by atoms with Gasteiger partial charge in [0.05, 0.1) is 22.4 Å². The second kappa shape index (κ2) is 11.1. The van der Waals surface area contributed by atoms with Gasteiger partial charge in [0.25, 0.3) is 0 Å². The van der Waals surface area contributed by atoms with Gasteiger partial charge in [0, 0.05) is 6.42 Å². The van der Waals surface area contributed by atoms with Crippen LogP contribution >= 0.6 is 11.3 Å². The van der Waals surface area contributed by atoms with Crippen molar-refractivity contribution in [3.8, 4) is 0 Å². The number of aliphatic carboxylic acids is 1. The summed E-state index contributed by atoms with van der Waals surface area (Å²) in [5, 5.41) is 40.2. The highest BCUT2D eigenvalue weighted by molar-refractivity contribution is 7.20. The first-order valence-electron chi connectivity index (χ1n) is 11.0. The summed E-state index contributed by atoms with van der Waals surface area (Å²) in [6, 6.07) is 7.45. The number of benzene rings is 1. The van der Waals surface area contributed by atoms with Crippen LogP contribution in [0.1, 0.15) is 67.6 Å². The summed E-state index contributed by atoms with van der Waals surface area (Å²) >= 11 is 1.27. The Hall–Kier alpha value is -1.87. The fourth-order valence-corrected chi connectivity index (χ4v) is 5.55. The van der Waals surface area contributed by atoms with Crippen LogP contribution in [0.3, 0.4) is 0 Å². The molecule has 31 heavy (non-hydrogen) atoms. The van der Waals surface area contributed by atoms with Gasteiger partial charge in [-0.05, 0) is 56.1 Å². The smallest absolute Gasteiger partial charge is 0.303 e. The van der Waals surface area contributed by atoms with E-state index in [9.17, 15) is 24.9 Å². The molecule has 0 amide bonds.